The van der Waals surface area contributed by atoms with Crippen molar-refractivity contribution in [3.8, 4) is 0 Å². The highest BCUT2D eigenvalue weighted by Gasteiger charge is 2.42. The van der Waals surface area contributed by atoms with Crippen molar-refractivity contribution in [1.82, 2.24) is 9.62 Å². The maximum atomic E-state index is 12.8. The lowest BCUT2D eigenvalue weighted by atomic mass is 10.1. The number of fused-ring (bicyclic) bond motifs is 1. The first-order valence-electron chi connectivity index (χ1n) is 7.11. The Labute approximate surface area is 140 Å². The Balaban J connectivity index is 2.62. The minimum absolute atomic E-state index is 0.00854. The molecule has 1 aliphatic heterocycles. The first-order valence-corrected chi connectivity index (χ1v) is 10.9. The van der Waals surface area contributed by atoms with Crippen molar-refractivity contribution in [2.24, 2.45) is 5.14 Å². The van der Waals surface area contributed by atoms with E-state index in [0.29, 0.717) is 29.9 Å². The quantitative estimate of drug-likeness (QED) is 0.735. The van der Waals surface area contributed by atoms with Gasteiger partial charge in [-0.3, -0.25) is 0 Å². The first-order chi connectivity index (χ1) is 10.7. The van der Waals surface area contributed by atoms with Crippen LogP contribution in [0.25, 0.3) is 0 Å². The standard InChI is InChI=1S/C12H21N3O5S3/c1-4-10(20-3)15-7-9(14-5-2)8-6-11(22(13,16)17)21-12(8)23(15,18)19/h6,9-10,14H,4-5,7H2,1-3H3,(H2,13,16,17). The monoisotopic (exact) mass is 383 g/mol. The van der Waals surface area contributed by atoms with Crippen LogP contribution in [0.4, 0.5) is 0 Å². The number of nitrogens with one attached hydrogen (secondary N) is 1. The zero-order chi connectivity index (χ0) is 17.4. The van der Waals surface area contributed by atoms with Crippen molar-refractivity contribution < 1.29 is 21.6 Å². The second-order valence-electron chi connectivity index (χ2n) is 5.14. The van der Waals surface area contributed by atoms with Crippen molar-refractivity contribution in [3.63, 3.8) is 0 Å². The van der Waals surface area contributed by atoms with Crippen LogP contribution in [0, 0.1) is 0 Å². The Morgan fingerprint density at radius 3 is 2.65 bits per heavy atom. The van der Waals surface area contributed by atoms with E-state index >= 15 is 0 Å². The number of primary sulfonamides is 1. The van der Waals surface area contributed by atoms with E-state index in [2.05, 4.69) is 5.32 Å². The molecule has 0 amide bonds. The largest absolute Gasteiger partial charge is 0.365 e. The molecular weight excluding hydrogens is 362 g/mol. The smallest absolute Gasteiger partial charge is 0.255 e. The molecule has 0 spiro atoms. The number of nitrogens with zero attached hydrogens (tertiary/aromatic N) is 1. The summed E-state index contributed by atoms with van der Waals surface area (Å²) < 4.78 is 55.3. The fourth-order valence-corrected chi connectivity index (χ4v) is 7.05. The molecule has 0 fully saturated rings. The minimum atomic E-state index is -3.96. The summed E-state index contributed by atoms with van der Waals surface area (Å²) in [6.45, 7) is 4.51. The third-order valence-corrected chi connectivity index (χ3v) is 8.61. The summed E-state index contributed by atoms with van der Waals surface area (Å²) in [5.74, 6) is 0. The molecule has 2 unspecified atom stereocenters. The van der Waals surface area contributed by atoms with Crippen LogP contribution >= 0.6 is 11.3 Å². The van der Waals surface area contributed by atoms with Crippen LogP contribution in [0.1, 0.15) is 31.9 Å². The minimum Gasteiger partial charge on any atom is -0.365 e. The van der Waals surface area contributed by atoms with E-state index in [1.165, 1.54) is 17.5 Å². The summed E-state index contributed by atoms with van der Waals surface area (Å²) in [5, 5.41) is 8.34. The highest BCUT2D eigenvalue weighted by atomic mass is 32.3. The normalized spacial score (nSPS) is 22.7. The molecule has 0 saturated carbocycles. The van der Waals surface area contributed by atoms with Gasteiger partial charge in [0, 0.05) is 25.3 Å². The van der Waals surface area contributed by atoms with Crippen LogP contribution in [-0.2, 0) is 24.8 Å². The SMILES string of the molecule is CCNC1CN(C(CC)OC)S(=O)(=O)c2sc(S(N)(=O)=O)cc21. The molecule has 1 aliphatic rings. The molecule has 0 radical (unpaired) electrons. The van der Waals surface area contributed by atoms with Crippen molar-refractivity contribution in [1.29, 1.82) is 0 Å². The Kier molecular flexibility index (Phi) is 5.51. The molecule has 2 atom stereocenters. The lowest BCUT2D eigenvalue weighted by molar-refractivity contribution is 0.00741. The predicted molar refractivity (Wildman–Crippen MR) is 87.1 cm³/mol. The van der Waals surface area contributed by atoms with Gasteiger partial charge in [0.2, 0.25) is 10.0 Å². The number of rotatable bonds is 6. The maximum absolute atomic E-state index is 12.8. The number of likely N-dealkylation sites (N-methyl/N-ethyl adjacent to an activating group) is 1. The van der Waals surface area contributed by atoms with E-state index < -0.39 is 26.3 Å². The van der Waals surface area contributed by atoms with Crippen molar-refractivity contribution >= 4 is 31.4 Å². The van der Waals surface area contributed by atoms with Gasteiger partial charge in [0.15, 0.2) is 0 Å². The molecule has 0 saturated heterocycles. The number of hydrogen-bond acceptors (Lipinski definition) is 7. The molecule has 0 aliphatic carbocycles. The van der Waals surface area contributed by atoms with Crippen LogP contribution in [0.3, 0.4) is 0 Å². The highest BCUT2D eigenvalue weighted by molar-refractivity contribution is 7.94. The third kappa shape index (κ3) is 3.45. The summed E-state index contributed by atoms with van der Waals surface area (Å²) in [5.41, 5.74) is 0.447. The molecule has 1 aromatic rings. The number of ether oxygens (including phenoxy) is 1. The third-order valence-electron chi connectivity index (χ3n) is 3.66. The van der Waals surface area contributed by atoms with Gasteiger partial charge < -0.3 is 10.1 Å². The summed E-state index contributed by atoms with van der Waals surface area (Å²) in [6.07, 6.45) is -0.119. The van der Waals surface area contributed by atoms with Gasteiger partial charge in [-0.2, -0.15) is 4.31 Å². The van der Waals surface area contributed by atoms with Gasteiger partial charge in [0.1, 0.15) is 14.6 Å². The Morgan fingerprint density at radius 1 is 1.52 bits per heavy atom. The molecule has 2 rings (SSSR count). The molecule has 23 heavy (non-hydrogen) atoms. The van der Waals surface area contributed by atoms with E-state index in [4.69, 9.17) is 9.88 Å². The maximum Gasteiger partial charge on any atom is 0.255 e. The second kappa shape index (κ2) is 6.75. The zero-order valence-electron chi connectivity index (χ0n) is 13.1. The molecule has 0 aromatic carbocycles. The lowest BCUT2D eigenvalue weighted by Crippen LogP contribution is -2.48. The summed E-state index contributed by atoms with van der Waals surface area (Å²) in [4.78, 5) is 0. The number of sulfonamides is 2. The van der Waals surface area contributed by atoms with Gasteiger partial charge in [0.05, 0.1) is 0 Å². The molecule has 11 heteroatoms. The predicted octanol–water partition coefficient (Wildman–Crippen LogP) is 0.433. The summed E-state index contributed by atoms with van der Waals surface area (Å²) in [6, 6.07) is 1.04. The molecule has 3 N–H and O–H groups in total. The van der Waals surface area contributed by atoms with Gasteiger partial charge in [-0.1, -0.05) is 13.8 Å². The fraction of sp³-hybridized carbons (Fsp3) is 0.667. The van der Waals surface area contributed by atoms with Crippen LogP contribution in [-0.4, -0.2) is 47.6 Å². The topological polar surface area (TPSA) is 119 Å². The molecule has 0 bridgehead atoms. The number of hydrogen-bond donors (Lipinski definition) is 2. The Hall–Kier alpha value is -0.560. The van der Waals surface area contributed by atoms with Crippen molar-refractivity contribution in [3.05, 3.63) is 11.6 Å². The van der Waals surface area contributed by atoms with Gasteiger partial charge >= 0.3 is 0 Å². The Bertz CT molecular complexity index is 768. The van der Waals surface area contributed by atoms with Crippen LogP contribution in [0.2, 0.25) is 0 Å². The molecule has 2 heterocycles. The van der Waals surface area contributed by atoms with Crippen LogP contribution in [0.15, 0.2) is 14.5 Å². The average Bonchev–Trinajstić information content (AvgIpc) is 2.91. The lowest BCUT2D eigenvalue weighted by Gasteiger charge is -2.36. The number of nitrogens with two attached hydrogens (primary N) is 1. The van der Waals surface area contributed by atoms with Crippen LogP contribution < -0.4 is 10.5 Å². The van der Waals surface area contributed by atoms with E-state index in [-0.39, 0.29) is 21.0 Å². The summed E-state index contributed by atoms with van der Waals surface area (Å²) >= 11 is 0.683. The van der Waals surface area contributed by atoms with E-state index in [1.54, 1.807) is 0 Å². The van der Waals surface area contributed by atoms with Gasteiger partial charge in [-0.05, 0) is 19.0 Å². The molecular formula is C12H21N3O5S3. The highest BCUT2D eigenvalue weighted by Crippen LogP contribution is 2.40. The van der Waals surface area contributed by atoms with Crippen molar-refractivity contribution in [2.75, 3.05) is 20.2 Å². The molecule has 1 aromatic heterocycles. The van der Waals surface area contributed by atoms with E-state index in [1.807, 2.05) is 13.8 Å². The van der Waals surface area contributed by atoms with Gasteiger partial charge in [-0.15, -0.1) is 11.3 Å². The van der Waals surface area contributed by atoms with Gasteiger partial charge in [0.25, 0.3) is 10.0 Å². The average molecular weight is 384 g/mol. The van der Waals surface area contributed by atoms with Crippen LogP contribution in [0.5, 0.6) is 0 Å². The number of methoxy groups -OCH3 is 1. The molecule has 132 valence electrons. The van der Waals surface area contributed by atoms with Crippen molar-refractivity contribution in [2.45, 2.75) is 41.0 Å². The second-order valence-corrected chi connectivity index (χ2v) is 10.1. The molecule has 8 nitrogen and oxygen atoms in total. The number of thiophene rings is 1. The fourth-order valence-electron chi connectivity index (χ4n) is 2.61. The summed E-state index contributed by atoms with van der Waals surface area (Å²) in [7, 11) is -6.34. The Morgan fingerprint density at radius 2 is 2.17 bits per heavy atom. The van der Waals surface area contributed by atoms with Gasteiger partial charge in [-0.25, -0.2) is 22.0 Å². The first kappa shape index (κ1) is 18.8. The van der Waals surface area contributed by atoms with E-state index in [0.717, 1.165) is 0 Å². The zero-order valence-corrected chi connectivity index (χ0v) is 15.6. The van der Waals surface area contributed by atoms with E-state index in [9.17, 15) is 16.8 Å².